The van der Waals surface area contributed by atoms with Crippen molar-refractivity contribution in [3.63, 3.8) is 0 Å². The van der Waals surface area contributed by atoms with Crippen molar-refractivity contribution < 1.29 is 4.79 Å². The lowest BCUT2D eigenvalue weighted by Crippen LogP contribution is -2.65. The zero-order chi connectivity index (χ0) is 12.6. The van der Waals surface area contributed by atoms with E-state index in [1.54, 1.807) is 0 Å². The minimum absolute atomic E-state index is 0.113. The highest BCUT2D eigenvalue weighted by molar-refractivity contribution is 9.10. The van der Waals surface area contributed by atoms with Gasteiger partial charge in [-0.25, -0.2) is 0 Å². The van der Waals surface area contributed by atoms with Gasteiger partial charge < -0.3 is 4.90 Å². The lowest BCUT2D eigenvalue weighted by atomic mass is 9.97. The number of carbonyl (C=O) groups excluding carboxylic acids is 1. The first-order chi connectivity index (χ1) is 7.92. The maximum Gasteiger partial charge on any atom is 0.246 e. The number of amides is 1. The van der Waals surface area contributed by atoms with Crippen molar-refractivity contribution in [3.8, 4) is 0 Å². The first-order valence-electron chi connectivity index (χ1n) is 5.76. The molecule has 1 fully saturated rings. The largest absolute Gasteiger partial charge is 0.308 e. The molecule has 1 heterocycles. The first kappa shape index (κ1) is 12.6. The van der Waals surface area contributed by atoms with Gasteiger partial charge in [-0.15, -0.1) is 0 Å². The molecule has 1 amide bonds. The molecule has 1 unspecified atom stereocenters. The van der Waals surface area contributed by atoms with Gasteiger partial charge in [0.2, 0.25) is 5.91 Å². The molecule has 1 aliphatic heterocycles. The lowest BCUT2D eigenvalue weighted by Gasteiger charge is -2.42. The van der Waals surface area contributed by atoms with Crippen LogP contribution in [0, 0.1) is 0 Å². The smallest absolute Gasteiger partial charge is 0.246 e. The van der Waals surface area contributed by atoms with Crippen LogP contribution in [0.5, 0.6) is 0 Å². The van der Waals surface area contributed by atoms with E-state index in [-0.39, 0.29) is 11.9 Å². The third-order valence-electron chi connectivity index (χ3n) is 2.99. The molecular weight excluding hydrogens is 280 g/mol. The lowest BCUT2D eigenvalue weighted by molar-refractivity contribution is -0.125. The molecule has 2 rings (SSSR count). The Kier molecular flexibility index (Phi) is 3.27. The minimum Gasteiger partial charge on any atom is -0.308 e. The van der Waals surface area contributed by atoms with Gasteiger partial charge in [-0.05, 0) is 48.8 Å². The number of hydrogen-bond donors (Lipinski definition) is 1. The maximum atomic E-state index is 12.4. The molecule has 3 nitrogen and oxygen atoms in total. The molecule has 1 saturated heterocycles. The third kappa shape index (κ3) is 2.38. The number of piperazine rings is 1. The van der Waals surface area contributed by atoms with Crippen molar-refractivity contribution in [2.24, 2.45) is 0 Å². The Labute approximate surface area is 110 Å². The van der Waals surface area contributed by atoms with E-state index in [1.165, 1.54) is 0 Å². The molecular formula is C13H17BrN2O. The quantitative estimate of drug-likeness (QED) is 0.864. The summed E-state index contributed by atoms with van der Waals surface area (Å²) in [6.07, 6.45) is 0. The Morgan fingerprint density at radius 1 is 1.41 bits per heavy atom. The summed E-state index contributed by atoms with van der Waals surface area (Å²) < 4.78 is 0.957. The number of nitrogens with one attached hydrogen (secondary N) is 1. The van der Waals surface area contributed by atoms with Crippen LogP contribution in [-0.4, -0.2) is 24.0 Å². The van der Waals surface area contributed by atoms with E-state index in [9.17, 15) is 4.79 Å². The summed E-state index contributed by atoms with van der Waals surface area (Å²) in [4.78, 5) is 14.2. The van der Waals surface area contributed by atoms with Gasteiger partial charge in [0.15, 0.2) is 0 Å². The number of hydrogen-bond acceptors (Lipinski definition) is 2. The van der Waals surface area contributed by atoms with Crippen molar-refractivity contribution >= 4 is 27.5 Å². The SMILES string of the molecule is CC1CN(c2ccccc2Br)C(=O)C(C)(C)N1. The predicted octanol–water partition coefficient (Wildman–Crippen LogP) is 2.55. The van der Waals surface area contributed by atoms with Crippen LogP contribution in [0.2, 0.25) is 0 Å². The number of anilines is 1. The monoisotopic (exact) mass is 296 g/mol. The van der Waals surface area contributed by atoms with Crippen molar-refractivity contribution in [1.29, 1.82) is 0 Å². The first-order valence-corrected chi connectivity index (χ1v) is 6.55. The van der Waals surface area contributed by atoms with E-state index < -0.39 is 5.54 Å². The summed E-state index contributed by atoms with van der Waals surface area (Å²) in [7, 11) is 0. The molecule has 0 radical (unpaired) electrons. The van der Waals surface area contributed by atoms with Crippen LogP contribution in [0.25, 0.3) is 0 Å². The zero-order valence-electron chi connectivity index (χ0n) is 10.3. The van der Waals surface area contributed by atoms with E-state index in [0.29, 0.717) is 6.54 Å². The van der Waals surface area contributed by atoms with Gasteiger partial charge in [-0.1, -0.05) is 12.1 Å². The van der Waals surface area contributed by atoms with Crippen molar-refractivity contribution in [2.45, 2.75) is 32.4 Å². The normalized spacial score (nSPS) is 23.9. The molecule has 4 heteroatoms. The van der Waals surface area contributed by atoms with Crippen LogP contribution in [0.15, 0.2) is 28.7 Å². The van der Waals surface area contributed by atoms with E-state index in [0.717, 1.165) is 10.2 Å². The number of carbonyl (C=O) groups is 1. The van der Waals surface area contributed by atoms with Crippen molar-refractivity contribution in [1.82, 2.24) is 5.32 Å². The van der Waals surface area contributed by atoms with Gasteiger partial charge in [-0.2, -0.15) is 0 Å². The topological polar surface area (TPSA) is 32.3 Å². The van der Waals surface area contributed by atoms with Crippen molar-refractivity contribution in [3.05, 3.63) is 28.7 Å². The molecule has 1 aliphatic rings. The standard InChI is InChI=1S/C13H17BrN2O/c1-9-8-16(12(17)13(2,3)15-9)11-7-5-4-6-10(11)14/h4-7,9,15H,8H2,1-3H3. The molecule has 1 aromatic rings. The summed E-state index contributed by atoms with van der Waals surface area (Å²) in [6.45, 7) is 6.65. The highest BCUT2D eigenvalue weighted by atomic mass is 79.9. The highest BCUT2D eigenvalue weighted by Crippen LogP contribution is 2.29. The second-order valence-corrected chi connectivity index (χ2v) is 5.89. The zero-order valence-corrected chi connectivity index (χ0v) is 11.9. The molecule has 0 bridgehead atoms. The molecule has 1 aromatic carbocycles. The Balaban J connectivity index is 2.38. The Morgan fingerprint density at radius 3 is 2.71 bits per heavy atom. The fourth-order valence-electron chi connectivity index (χ4n) is 2.30. The minimum atomic E-state index is -0.507. The molecule has 0 saturated carbocycles. The van der Waals surface area contributed by atoms with Crippen LogP contribution in [-0.2, 0) is 4.79 Å². The van der Waals surface area contributed by atoms with Gasteiger partial charge >= 0.3 is 0 Å². The van der Waals surface area contributed by atoms with E-state index in [4.69, 9.17) is 0 Å². The predicted molar refractivity (Wildman–Crippen MR) is 73.2 cm³/mol. The maximum absolute atomic E-state index is 12.4. The second-order valence-electron chi connectivity index (χ2n) is 5.04. The highest BCUT2D eigenvalue weighted by Gasteiger charge is 2.39. The van der Waals surface area contributed by atoms with Crippen molar-refractivity contribution in [2.75, 3.05) is 11.4 Å². The average molecular weight is 297 g/mol. The van der Waals surface area contributed by atoms with E-state index >= 15 is 0 Å². The Hall–Kier alpha value is -0.870. The molecule has 0 spiro atoms. The van der Waals surface area contributed by atoms with Crippen LogP contribution >= 0.6 is 15.9 Å². The fourth-order valence-corrected chi connectivity index (χ4v) is 2.79. The second kappa shape index (κ2) is 4.42. The van der Waals surface area contributed by atoms with Crippen LogP contribution < -0.4 is 10.2 Å². The molecule has 17 heavy (non-hydrogen) atoms. The van der Waals surface area contributed by atoms with Crippen LogP contribution in [0.1, 0.15) is 20.8 Å². The molecule has 1 N–H and O–H groups in total. The van der Waals surface area contributed by atoms with Gasteiger partial charge in [0.25, 0.3) is 0 Å². The van der Waals surface area contributed by atoms with Gasteiger partial charge in [0.05, 0.1) is 11.2 Å². The molecule has 0 aromatic heterocycles. The van der Waals surface area contributed by atoms with Gasteiger partial charge in [0.1, 0.15) is 0 Å². The fraction of sp³-hybridized carbons (Fsp3) is 0.462. The number of rotatable bonds is 1. The Morgan fingerprint density at radius 2 is 2.06 bits per heavy atom. The summed E-state index contributed by atoms with van der Waals surface area (Å²) in [5, 5.41) is 3.32. The van der Waals surface area contributed by atoms with Gasteiger partial charge in [0, 0.05) is 17.1 Å². The number of nitrogens with zero attached hydrogens (tertiary/aromatic N) is 1. The van der Waals surface area contributed by atoms with Crippen LogP contribution in [0.3, 0.4) is 0 Å². The van der Waals surface area contributed by atoms with E-state index in [2.05, 4.69) is 28.2 Å². The van der Waals surface area contributed by atoms with E-state index in [1.807, 2.05) is 43.0 Å². The summed E-state index contributed by atoms with van der Waals surface area (Å²) in [6, 6.07) is 8.12. The third-order valence-corrected chi connectivity index (χ3v) is 3.66. The summed E-state index contributed by atoms with van der Waals surface area (Å²) >= 11 is 3.50. The molecule has 0 aliphatic carbocycles. The molecule has 1 atom stereocenters. The molecule has 92 valence electrons. The van der Waals surface area contributed by atoms with Gasteiger partial charge in [-0.3, -0.25) is 10.1 Å². The summed E-state index contributed by atoms with van der Waals surface area (Å²) in [5.74, 6) is 0.113. The number of benzene rings is 1. The summed E-state index contributed by atoms with van der Waals surface area (Å²) in [5.41, 5.74) is 0.436. The number of para-hydroxylation sites is 1. The number of halogens is 1. The Bertz CT molecular complexity index is 445. The van der Waals surface area contributed by atoms with Crippen LogP contribution in [0.4, 0.5) is 5.69 Å². The average Bonchev–Trinajstić information content (AvgIpc) is 2.24.